The Morgan fingerprint density at radius 3 is 2.22 bits per heavy atom. The highest BCUT2D eigenvalue weighted by Gasteiger charge is 2.05. The Hall–Kier alpha value is -1.06. The maximum atomic E-state index is 11.7. The lowest BCUT2D eigenvalue weighted by Crippen LogP contribution is -2.24. The molecule has 134 valence electrons. The molecule has 4 nitrogen and oxygen atoms in total. The number of nitrogens with one attached hydrogen (secondary N) is 1. The van der Waals surface area contributed by atoms with Gasteiger partial charge in [-0.2, -0.15) is 0 Å². The fourth-order valence-corrected chi connectivity index (χ4v) is 2.85. The minimum atomic E-state index is 0.203. The number of carbonyl (C=O) groups excluding carboxylic acids is 1. The molecule has 1 aliphatic rings. The molecule has 1 heterocycles. The Morgan fingerprint density at radius 1 is 0.913 bits per heavy atom. The number of unbranched alkanes of at least 4 members (excludes halogenated alkanes) is 1. The molecule has 0 atom stereocenters. The van der Waals surface area contributed by atoms with Crippen molar-refractivity contribution in [2.24, 2.45) is 5.16 Å². The van der Waals surface area contributed by atoms with E-state index in [0.29, 0.717) is 6.42 Å². The van der Waals surface area contributed by atoms with E-state index in [1.807, 2.05) is 0 Å². The summed E-state index contributed by atoms with van der Waals surface area (Å²) in [5, 5.41) is 7.37. The van der Waals surface area contributed by atoms with Crippen molar-refractivity contribution >= 4 is 11.6 Å². The summed E-state index contributed by atoms with van der Waals surface area (Å²) >= 11 is 0. The second kappa shape index (κ2) is 14.5. The Morgan fingerprint density at radius 2 is 1.52 bits per heavy atom. The number of carbonyl (C=O) groups is 1. The summed E-state index contributed by atoms with van der Waals surface area (Å²) in [6.45, 7) is 3.63. The Bertz CT molecular complexity index is 329. The van der Waals surface area contributed by atoms with E-state index in [1.54, 1.807) is 0 Å². The van der Waals surface area contributed by atoms with Crippen molar-refractivity contribution in [1.29, 1.82) is 0 Å². The third-order valence-corrected chi connectivity index (χ3v) is 4.37. The van der Waals surface area contributed by atoms with Gasteiger partial charge in [-0.1, -0.05) is 57.0 Å². The van der Waals surface area contributed by atoms with Crippen LogP contribution in [0.1, 0.15) is 96.8 Å². The van der Waals surface area contributed by atoms with Gasteiger partial charge in [0, 0.05) is 13.0 Å². The van der Waals surface area contributed by atoms with Gasteiger partial charge < -0.3 is 10.2 Å². The zero-order chi connectivity index (χ0) is 16.6. The van der Waals surface area contributed by atoms with E-state index in [2.05, 4.69) is 17.4 Å². The van der Waals surface area contributed by atoms with E-state index in [4.69, 9.17) is 4.84 Å². The molecule has 0 saturated carbocycles. The van der Waals surface area contributed by atoms with Crippen molar-refractivity contribution in [2.75, 3.05) is 13.2 Å². The van der Waals surface area contributed by atoms with Gasteiger partial charge in [0.25, 0.3) is 0 Å². The van der Waals surface area contributed by atoms with Crippen molar-refractivity contribution in [2.45, 2.75) is 96.8 Å². The monoisotopic (exact) mass is 324 g/mol. The Labute approximate surface area is 142 Å². The topological polar surface area (TPSA) is 50.7 Å². The third kappa shape index (κ3) is 12.1. The molecule has 1 fully saturated rings. The largest absolute Gasteiger partial charge is 0.396 e. The maximum absolute atomic E-state index is 11.7. The lowest BCUT2D eigenvalue weighted by atomic mass is 10.0. The first-order valence-electron chi connectivity index (χ1n) is 9.77. The number of amides is 1. The minimum Gasteiger partial charge on any atom is -0.396 e. The minimum absolute atomic E-state index is 0.203. The average Bonchev–Trinajstić information content (AvgIpc) is 2.55. The lowest BCUT2D eigenvalue weighted by Gasteiger charge is -2.09. The first-order chi connectivity index (χ1) is 11.3. The molecule has 1 aliphatic heterocycles. The fourth-order valence-electron chi connectivity index (χ4n) is 2.85. The molecule has 0 aromatic rings. The lowest BCUT2D eigenvalue weighted by molar-refractivity contribution is -0.121. The molecule has 0 bridgehead atoms. The normalized spacial score (nSPS) is 21.8. The molecule has 1 N–H and O–H groups in total. The van der Waals surface area contributed by atoms with E-state index in [9.17, 15) is 4.79 Å². The number of hydrogen-bond donors (Lipinski definition) is 1. The maximum Gasteiger partial charge on any atom is 0.219 e. The second-order valence-electron chi connectivity index (χ2n) is 6.63. The summed E-state index contributed by atoms with van der Waals surface area (Å²) in [5.41, 5.74) is 1.17. The molecular weight excluding hydrogens is 288 g/mol. The number of rotatable bonds is 4. The summed E-state index contributed by atoms with van der Waals surface area (Å²) < 4.78 is 0. The van der Waals surface area contributed by atoms with Gasteiger partial charge in [0.05, 0.1) is 5.71 Å². The van der Waals surface area contributed by atoms with Gasteiger partial charge in [-0.15, -0.1) is 0 Å². The van der Waals surface area contributed by atoms with Gasteiger partial charge in [-0.3, -0.25) is 4.79 Å². The highest BCUT2D eigenvalue weighted by molar-refractivity contribution is 5.84. The quantitative estimate of drug-likeness (QED) is 0.586. The van der Waals surface area contributed by atoms with Crippen LogP contribution >= 0.6 is 0 Å². The molecule has 1 saturated heterocycles. The summed E-state index contributed by atoms with van der Waals surface area (Å²) in [6.07, 6.45) is 15.8. The summed E-state index contributed by atoms with van der Waals surface area (Å²) in [4.78, 5) is 17.2. The van der Waals surface area contributed by atoms with Gasteiger partial charge in [-0.05, 0) is 38.5 Å². The molecule has 0 aliphatic carbocycles. The predicted octanol–water partition coefficient (Wildman–Crippen LogP) is 4.97. The first-order valence-corrected chi connectivity index (χ1v) is 9.77. The number of oxime groups is 1. The van der Waals surface area contributed by atoms with Crippen LogP contribution in [0.15, 0.2) is 5.16 Å². The van der Waals surface area contributed by atoms with E-state index in [1.165, 1.54) is 50.7 Å². The molecule has 0 aromatic heterocycles. The van der Waals surface area contributed by atoms with E-state index < -0.39 is 0 Å². The van der Waals surface area contributed by atoms with E-state index >= 15 is 0 Å². The van der Waals surface area contributed by atoms with Crippen LogP contribution in [0.2, 0.25) is 0 Å². The second-order valence-corrected chi connectivity index (χ2v) is 6.63. The average molecular weight is 325 g/mol. The van der Waals surface area contributed by atoms with Gasteiger partial charge >= 0.3 is 0 Å². The van der Waals surface area contributed by atoms with Crippen LogP contribution < -0.4 is 5.32 Å². The van der Waals surface area contributed by atoms with E-state index in [-0.39, 0.29) is 5.91 Å². The highest BCUT2D eigenvalue weighted by Crippen LogP contribution is 2.12. The molecule has 1 rings (SSSR count). The van der Waals surface area contributed by atoms with Crippen LogP contribution in [-0.4, -0.2) is 24.8 Å². The molecule has 0 aromatic carbocycles. The van der Waals surface area contributed by atoms with Crippen LogP contribution in [0.25, 0.3) is 0 Å². The van der Waals surface area contributed by atoms with Crippen LogP contribution in [0.3, 0.4) is 0 Å². The predicted molar refractivity (Wildman–Crippen MR) is 96.7 cm³/mol. The van der Waals surface area contributed by atoms with Crippen LogP contribution in [0.4, 0.5) is 0 Å². The van der Waals surface area contributed by atoms with Gasteiger partial charge in [0.15, 0.2) is 0 Å². The number of nitrogens with zero attached hydrogens (tertiary/aromatic N) is 1. The SMILES string of the molecule is CCCCO/N=C1\CCCCCCCCCCC(=O)NCCC1. The standard InChI is InChI=1S/C19H36N2O2/c1-2-3-17-23-21-18-13-10-8-6-4-5-7-9-11-15-19(22)20-16-12-14-18/h2-17H2,1H3,(H,20,22)/b21-18+. The molecule has 0 unspecified atom stereocenters. The Balaban J connectivity index is 2.37. The zero-order valence-corrected chi connectivity index (χ0v) is 15.1. The van der Waals surface area contributed by atoms with Gasteiger partial charge in [-0.25, -0.2) is 0 Å². The summed E-state index contributed by atoms with van der Waals surface area (Å²) in [5.74, 6) is 0.203. The van der Waals surface area contributed by atoms with Gasteiger partial charge in [0.1, 0.15) is 6.61 Å². The smallest absolute Gasteiger partial charge is 0.219 e. The zero-order valence-electron chi connectivity index (χ0n) is 15.1. The molecule has 0 radical (unpaired) electrons. The van der Waals surface area contributed by atoms with Crippen LogP contribution in [-0.2, 0) is 9.63 Å². The van der Waals surface area contributed by atoms with Crippen molar-refractivity contribution in [3.8, 4) is 0 Å². The number of hydrogen-bond acceptors (Lipinski definition) is 3. The Kier molecular flexibility index (Phi) is 12.6. The summed E-state index contributed by atoms with van der Waals surface area (Å²) in [7, 11) is 0. The van der Waals surface area contributed by atoms with E-state index in [0.717, 1.165) is 51.7 Å². The van der Waals surface area contributed by atoms with Crippen molar-refractivity contribution < 1.29 is 9.63 Å². The molecular formula is C19H36N2O2. The molecule has 4 heteroatoms. The van der Waals surface area contributed by atoms with Crippen LogP contribution in [0, 0.1) is 0 Å². The first kappa shape index (κ1) is 20.0. The highest BCUT2D eigenvalue weighted by atomic mass is 16.6. The van der Waals surface area contributed by atoms with Crippen molar-refractivity contribution in [3.05, 3.63) is 0 Å². The molecule has 0 spiro atoms. The molecule has 1 amide bonds. The molecule has 23 heavy (non-hydrogen) atoms. The van der Waals surface area contributed by atoms with Gasteiger partial charge in [0.2, 0.25) is 5.91 Å². The van der Waals surface area contributed by atoms with Crippen LogP contribution in [0.5, 0.6) is 0 Å². The van der Waals surface area contributed by atoms with Crippen molar-refractivity contribution in [1.82, 2.24) is 5.32 Å². The fraction of sp³-hybridized carbons (Fsp3) is 0.895. The summed E-state index contributed by atoms with van der Waals surface area (Å²) in [6, 6.07) is 0. The van der Waals surface area contributed by atoms with Crippen molar-refractivity contribution in [3.63, 3.8) is 0 Å². The third-order valence-electron chi connectivity index (χ3n) is 4.37.